The minimum absolute atomic E-state index is 0.0202. The quantitative estimate of drug-likeness (QED) is 0.877. The molecule has 1 fully saturated rings. The van der Waals surface area contributed by atoms with Crippen molar-refractivity contribution in [1.29, 1.82) is 0 Å². The zero-order valence-corrected chi connectivity index (χ0v) is 14.2. The van der Waals surface area contributed by atoms with Crippen LogP contribution in [0.4, 0.5) is 13.2 Å². The molecule has 1 heterocycles. The van der Waals surface area contributed by atoms with Crippen LogP contribution in [0.25, 0.3) is 0 Å². The molecule has 1 aliphatic heterocycles. The molecular weight excluding hydrogens is 341 g/mol. The van der Waals surface area contributed by atoms with Crippen molar-refractivity contribution in [2.45, 2.75) is 37.9 Å². The normalized spacial score (nSPS) is 18.3. The highest BCUT2D eigenvalue weighted by molar-refractivity contribution is 8.00. The molecule has 0 spiro atoms. The van der Waals surface area contributed by atoms with E-state index >= 15 is 0 Å². The van der Waals surface area contributed by atoms with Crippen LogP contribution >= 0.6 is 11.8 Å². The van der Waals surface area contributed by atoms with E-state index in [1.807, 2.05) is 13.8 Å². The maximum atomic E-state index is 12.6. The Morgan fingerprint density at radius 1 is 1.33 bits per heavy atom. The second kappa shape index (κ2) is 7.46. The van der Waals surface area contributed by atoms with Gasteiger partial charge in [-0.3, -0.25) is 9.59 Å². The highest BCUT2D eigenvalue weighted by atomic mass is 32.2. The Kier molecular flexibility index (Phi) is 5.79. The van der Waals surface area contributed by atoms with Crippen LogP contribution < -0.4 is 5.32 Å². The standard InChI is InChI=1S/C16H19F3N2O2S/c1-10(2)20-13(22)7-8-21-14(23)9-24-15(21)11-3-5-12(6-4-11)16(17,18)19/h3-6,10,15H,7-9H2,1-2H3,(H,20,22). The molecule has 0 saturated carbocycles. The lowest BCUT2D eigenvalue weighted by molar-refractivity contribution is -0.137. The molecule has 24 heavy (non-hydrogen) atoms. The largest absolute Gasteiger partial charge is 0.416 e. The number of hydrogen-bond donors (Lipinski definition) is 1. The van der Waals surface area contributed by atoms with E-state index in [0.717, 1.165) is 12.1 Å². The lowest BCUT2D eigenvalue weighted by atomic mass is 10.1. The van der Waals surface area contributed by atoms with Gasteiger partial charge in [-0.2, -0.15) is 13.2 Å². The molecule has 0 radical (unpaired) electrons. The Hall–Kier alpha value is -1.70. The van der Waals surface area contributed by atoms with Crippen molar-refractivity contribution in [2.75, 3.05) is 12.3 Å². The Morgan fingerprint density at radius 2 is 1.96 bits per heavy atom. The maximum absolute atomic E-state index is 12.6. The predicted octanol–water partition coefficient (Wildman–Crippen LogP) is 3.19. The van der Waals surface area contributed by atoms with Gasteiger partial charge in [-0.05, 0) is 31.5 Å². The summed E-state index contributed by atoms with van der Waals surface area (Å²) >= 11 is 1.35. The molecule has 1 aromatic rings. The van der Waals surface area contributed by atoms with Crippen molar-refractivity contribution in [2.24, 2.45) is 0 Å². The number of thioether (sulfide) groups is 1. The fraction of sp³-hybridized carbons (Fsp3) is 0.500. The number of nitrogens with one attached hydrogen (secondary N) is 1. The van der Waals surface area contributed by atoms with Crippen LogP contribution in [0.15, 0.2) is 24.3 Å². The van der Waals surface area contributed by atoms with Gasteiger partial charge in [0.25, 0.3) is 0 Å². The van der Waals surface area contributed by atoms with E-state index in [1.54, 1.807) is 4.90 Å². The Labute approximate surface area is 142 Å². The molecule has 1 saturated heterocycles. The van der Waals surface area contributed by atoms with Gasteiger partial charge in [0, 0.05) is 19.0 Å². The van der Waals surface area contributed by atoms with E-state index in [0.29, 0.717) is 5.56 Å². The van der Waals surface area contributed by atoms with Crippen molar-refractivity contribution >= 4 is 23.6 Å². The molecule has 2 rings (SSSR count). The summed E-state index contributed by atoms with van der Waals surface area (Å²) in [5, 5.41) is 2.40. The number of nitrogens with zero attached hydrogens (tertiary/aromatic N) is 1. The van der Waals surface area contributed by atoms with E-state index < -0.39 is 11.7 Å². The summed E-state index contributed by atoms with van der Waals surface area (Å²) in [6.45, 7) is 3.94. The van der Waals surface area contributed by atoms with Gasteiger partial charge in [0.2, 0.25) is 11.8 Å². The minimum atomic E-state index is -4.38. The van der Waals surface area contributed by atoms with Crippen LogP contribution in [0.5, 0.6) is 0 Å². The van der Waals surface area contributed by atoms with Gasteiger partial charge in [0.1, 0.15) is 5.37 Å². The van der Waals surface area contributed by atoms with Gasteiger partial charge in [-0.25, -0.2) is 0 Å². The Bertz CT molecular complexity index is 602. The Morgan fingerprint density at radius 3 is 2.50 bits per heavy atom. The van der Waals surface area contributed by atoms with Crippen LogP contribution in [0.2, 0.25) is 0 Å². The average Bonchev–Trinajstić information content (AvgIpc) is 2.84. The third-order valence-electron chi connectivity index (χ3n) is 3.52. The van der Waals surface area contributed by atoms with Crippen LogP contribution in [0, 0.1) is 0 Å². The number of amides is 2. The topological polar surface area (TPSA) is 49.4 Å². The maximum Gasteiger partial charge on any atom is 0.416 e. The highest BCUT2D eigenvalue weighted by Gasteiger charge is 2.34. The first-order chi connectivity index (χ1) is 11.2. The minimum Gasteiger partial charge on any atom is -0.354 e. The third-order valence-corrected chi connectivity index (χ3v) is 4.78. The van der Waals surface area contributed by atoms with Gasteiger partial charge in [0.15, 0.2) is 0 Å². The van der Waals surface area contributed by atoms with E-state index in [4.69, 9.17) is 0 Å². The molecule has 1 N–H and O–H groups in total. The number of carbonyl (C=O) groups excluding carboxylic acids is 2. The van der Waals surface area contributed by atoms with E-state index in [9.17, 15) is 22.8 Å². The third kappa shape index (κ3) is 4.66. The second-order valence-corrected chi connectivity index (χ2v) is 6.91. The van der Waals surface area contributed by atoms with Gasteiger partial charge >= 0.3 is 6.18 Å². The molecule has 0 aromatic heterocycles. The lowest BCUT2D eigenvalue weighted by Gasteiger charge is -2.24. The van der Waals surface area contributed by atoms with Gasteiger partial charge in [-0.1, -0.05) is 12.1 Å². The molecule has 1 unspecified atom stereocenters. The molecule has 2 amide bonds. The van der Waals surface area contributed by atoms with E-state index in [1.165, 1.54) is 23.9 Å². The summed E-state index contributed by atoms with van der Waals surface area (Å²) in [5.41, 5.74) is -0.0912. The summed E-state index contributed by atoms with van der Waals surface area (Å²) in [7, 11) is 0. The summed E-state index contributed by atoms with van der Waals surface area (Å²) in [4.78, 5) is 25.3. The summed E-state index contributed by atoms with van der Waals surface area (Å²) in [6, 6.07) is 4.83. The number of benzene rings is 1. The average molecular weight is 360 g/mol. The van der Waals surface area contributed by atoms with Crippen molar-refractivity contribution in [3.8, 4) is 0 Å². The smallest absolute Gasteiger partial charge is 0.354 e. The van der Waals surface area contributed by atoms with Gasteiger partial charge in [0.05, 0.1) is 11.3 Å². The zero-order valence-electron chi connectivity index (χ0n) is 13.4. The molecule has 1 atom stereocenters. The van der Waals surface area contributed by atoms with E-state index in [2.05, 4.69) is 5.32 Å². The molecule has 1 aliphatic rings. The lowest BCUT2D eigenvalue weighted by Crippen LogP contribution is -2.35. The first-order valence-corrected chi connectivity index (χ1v) is 8.61. The summed E-state index contributed by atoms with van der Waals surface area (Å²) in [5.74, 6) is 0.000392. The number of halogens is 3. The molecule has 4 nitrogen and oxygen atoms in total. The first kappa shape index (κ1) is 18.6. The van der Waals surface area contributed by atoms with Gasteiger partial charge in [-0.15, -0.1) is 11.8 Å². The molecule has 0 aliphatic carbocycles. The van der Waals surface area contributed by atoms with Crippen LogP contribution in [0.1, 0.15) is 36.8 Å². The zero-order chi connectivity index (χ0) is 17.9. The van der Waals surface area contributed by atoms with E-state index in [-0.39, 0.29) is 41.9 Å². The molecule has 132 valence electrons. The fourth-order valence-corrected chi connectivity index (χ4v) is 3.64. The number of rotatable bonds is 5. The second-order valence-electron chi connectivity index (χ2n) is 5.84. The Balaban J connectivity index is 2.05. The summed E-state index contributed by atoms with van der Waals surface area (Å²) in [6.07, 6.45) is -4.21. The molecule has 0 bridgehead atoms. The van der Waals surface area contributed by atoms with Crippen LogP contribution in [-0.4, -0.2) is 35.1 Å². The molecule has 8 heteroatoms. The van der Waals surface area contributed by atoms with Crippen molar-refractivity contribution in [3.63, 3.8) is 0 Å². The van der Waals surface area contributed by atoms with Crippen molar-refractivity contribution in [3.05, 3.63) is 35.4 Å². The number of alkyl halides is 3. The summed E-state index contributed by atoms with van der Waals surface area (Å²) < 4.78 is 37.9. The van der Waals surface area contributed by atoms with Crippen molar-refractivity contribution < 1.29 is 22.8 Å². The highest BCUT2D eigenvalue weighted by Crippen LogP contribution is 2.39. The monoisotopic (exact) mass is 360 g/mol. The van der Waals surface area contributed by atoms with Gasteiger partial charge < -0.3 is 10.2 Å². The predicted molar refractivity (Wildman–Crippen MR) is 86.3 cm³/mol. The SMILES string of the molecule is CC(C)NC(=O)CCN1C(=O)CSC1c1ccc(C(F)(F)F)cc1. The van der Waals surface area contributed by atoms with Crippen LogP contribution in [-0.2, 0) is 15.8 Å². The number of carbonyl (C=O) groups is 2. The first-order valence-electron chi connectivity index (χ1n) is 7.56. The number of hydrogen-bond acceptors (Lipinski definition) is 3. The molecule has 1 aromatic carbocycles. The fourth-order valence-electron chi connectivity index (χ4n) is 2.42. The van der Waals surface area contributed by atoms with Crippen molar-refractivity contribution in [1.82, 2.24) is 10.2 Å². The van der Waals surface area contributed by atoms with Crippen LogP contribution in [0.3, 0.4) is 0 Å². The molecular formula is C16H19F3N2O2S.